The van der Waals surface area contributed by atoms with Crippen LogP contribution in [0.15, 0.2) is 49.1 Å². The Morgan fingerprint density at radius 1 is 1.15 bits per heavy atom. The van der Waals surface area contributed by atoms with Gasteiger partial charge in [0.25, 0.3) is 5.91 Å². The molecule has 1 unspecified atom stereocenters. The van der Waals surface area contributed by atoms with E-state index in [1.807, 2.05) is 36.0 Å². The zero-order chi connectivity index (χ0) is 24.0. The third-order valence-electron chi connectivity index (χ3n) is 6.06. The molecule has 1 N–H and O–H groups in total. The number of benzene rings is 2. The first-order chi connectivity index (χ1) is 16.4. The number of imidazole rings is 1. The summed E-state index contributed by atoms with van der Waals surface area (Å²) in [5, 5.41) is 6.87. The number of hydrogen-bond acceptors (Lipinski definition) is 5. The van der Waals surface area contributed by atoms with E-state index >= 15 is 0 Å². The van der Waals surface area contributed by atoms with Gasteiger partial charge in [0.15, 0.2) is 0 Å². The molecule has 0 saturated heterocycles. The molecule has 8 nitrogen and oxygen atoms in total. The van der Waals surface area contributed by atoms with Crippen molar-refractivity contribution in [2.75, 3.05) is 14.2 Å². The summed E-state index contributed by atoms with van der Waals surface area (Å²) < 4.78 is 40.3. The molecular formula is C24H23F2N5O3. The Hall–Kier alpha value is -3.95. The molecule has 2 aromatic carbocycles. The third kappa shape index (κ3) is 3.85. The van der Waals surface area contributed by atoms with Crippen molar-refractivity contribution in [3.63, 3.8) is 0 Å². The summed E-state index contributed by atoms with van der Waals surface area (Å²) in [5.41, 5.74) is 4.47. The highest BCUT2D eigenvalue weighted by Gasteiger charge is 2.45. The lowest BCUT2D eigenvalue weighted by molar-refractivity contribution is 0.0920. The lowest BCUT2D eigenvalue weighted by atomic mass is 10.1. The van der Waals surface area contributed by atoms with Gasteiger partial charge in [-0.05, 0) is 24.1 Å². The van der Waals surface area contributed by atoms with Gasteiger partial charge in [0.1, 0.15) is 23.4 Å². The Morgan fingerprint density at radius 2 is 1.88 bits per heavy atom. The summed E-state index contributed by atoms with van der Waals surface area (Å²) in [4.78, 5) is 17.4. The number of rotatable bonds is 7. The first kappa shape index (κ1) is 21.9. The van der Waals surface area contributed by atoms with E-state index in [0.717, 1.165) is 22.2 Å². The summed E-state index contributed by atoms with van der Waals surface area (Å²) >= 11 is 0. The van der Waals surface area contributed by atoms with E-state index < -0.39 is 24.3 Å². The highest BCUT2D eigenvalue weighted by molar-refractivity contribution is 6.00. The monoisotopic (exact) mass is 467 g/mol. The number of halogens is 2. The summed E-state index contributed by atoms with van der Waals surface area (Å²) in [5.74, 6) is -0.774. The van der Waals surface area contributed by atoms with Gasteiger partial charge in [0, 0.05) is 42.9 Å². The molecule has 2 aromatic heterocycles. The smallest absolute Gasteiger partial charge is 0.259 e. The molecule has 0 bridgehead atoms. The number of nitrogens with one attached hydrogen (secondary N) is 1. The van der Waals surface area contributed by atoms with Crippen LogP contribution in [0.25, 0.3) is 27.8 Å². The average molecular weight is 467 g/mol. The maximum absolute atomic E-state index is 12.9. The number of methoxy groups -OCH3 is 2. The molecule has 34 heavy (non-hydrogen) atoms. The van der Waals surface area contributed by atoms with Crippen molar-refractivity contribution < 1.29 is 23.0 Å². The molecule has 2 atom stereocenters. The van der Waals surface area contributed by atoms with E-state index in [2.05, 4.69) is 15.4 Å². The van der Waals surface area contributed by atoms with E-state index in [0.29, 0.717) is 5.69 Å². The van der Waals surface area contributed by atoms with Crippen molar-refractivity contribution in [3.8, 4) is 28.3 Å². The van der Waals surface area contributed by atoms with Crippen LogP contribution in [0.1, 0.15) is 16.8 Å². The van der Waals surface area contributed by atoms with Crippen LogP contribution in [0.3, 0.4) is 0 Å². The third-order valence-corrected chi connectivity index (χ3v) is 6.06. The number of hydrogen-bond donors (Lipinski definition) is 1. The molecule has 0 spiro atoms. The minimum atomic E-state index is -2.45. The minimum Gasteiger partial charge on any atom is -0.496 e. The summed E-state index contributed by atoms with van der Waals surface area (Å²) in [6.07, 6.45) is 3.22. The van der Waals surface area contributed by atoms with Crippen molar-refractivity contribution in [1.29, 1.82) is 0 Å². The highest BCUT2D eigenvalue weighted by Crippen LogP contribution is 2.38. The molecule has 1 aliphatic carbocycles. The molecule has 10 heteroatoms. The van der Waals surface area contributed by atoms with Crippen LogP contribution in [0.2, 0.25) is 0 Å². The second-order valence-electron chi connectivity index (χ2n) is 8.26. The highest BCUT2D eigenvalue weighted by atomic mass is 19.3. The van der Waals surface area contributed by atoms with Gasteiger partial charge >= 0.3 is 0 Å². The van der Waals surface area contributed by atoms with Crippen LogP contribution in [-0.2, 0) is 7.05 Å². The topological polar surface area (TPSA) is 83.2 Å². The second-order valence-corrected chi connectivity index (χ2v) is 8.26. The molecule has 5 rings (SSSR count). The normalized spacial score (nSPS) is 17.2. The second kappa shape index (κ2) is 8.44. The molecular weight excluding hydrogens is 444 g/mol. The molecule has 176 valence electrons. The lowest BCUT2D eigenvalue weighted by Gasteiger charge is -2.16. The standard InChI is InChI=1S/C24H23F2N5O3/c1-30-11-14(10-28-30)13-4-5-19-18(6-13)27-12-31(19)15-7-20(33-2)22(21(8-15)34-3)24(32)29-17-9-16(17)23(25)26/h4-8,10-12,16-17,23H,9H2,1-3H3,(H,29,32)/t16?,17-/m1/s1. The molecule has 1 amide bonds. The van der Waals surface area contributed by atoms with Crippen molar-refractivity contribution >= 4 is 16.9 Å². The van der Waals surface area contributed by atoms with Crippen LogP contribution >= 0.6 is 0 Å². The van der Waals surface area contributed by atoms with Gasteiger partial charge in [-0.15, -0.1) is 0 Å². The van der Waals surface area contributed by atoms with E-state index in [1.165, 1.54) is 14.2 Å². The van der Waals surface area contributed by atoms with Gasteiger partial charge in [0.2, 0.25) is 6.43 Å². The maximum Gasteiger partial charge on any atom is 0.259 e. The zero-order valence-corrected chi connectivity index (χ0v) is 18.8. The van der Waals surface area contributed by atoms with Crippen molar-refractivity contribution in [3.05, 3.63) is 54.6 Å². The predicted molar refractivity (Wildman–Crippen MR) is 122 cm³/mol. The first-order valence-corrected chi connectivity index (χ1v) is 10.7. The summed E-state index contributed by atoms with van der Waals surface area (Å²) in [7, 11) is 4.75. The molecule has 0 radical (unpaired) electrons. The molecule has 1 aliphatic rings. The zero-order valence-electron chi connectivity index (χ0n) is 18.8. The lowest BCUT2D eigenvalue weighted by Crippen LogP contribution is -2.28. The van der Waals surface area contributed by atoms with Crippen molar-refractivity contribution in [2.24, 2.45) is 13.0 Å². The largest absolute Gasteiger partial charge is 0.496 e. The number of aromatic nitrogens is 4. The van der Waals surface area contributed by atoms with Crippen LogP contribution < -0.4 is 14.8 Å². The molecule has 1 saturated carbocycles. The molecule has 4 aromatic rings. The van der Waals surface area contributed by atoms with Crippen LogP contribution in [-0.4, -0.2) is 51.9 Å². The van der Waals surface area contributed by atoms with Crippen molar-refractivity contribution in [2.45, 2.75) is 18.9 Å². The number of nitrogens with zero attached hydrogens (tertiary/aromatic N) is 4. The predicted octanol–water partition coefficient (Wildman–Crippen LogP) is 3.83. The Balaban J connectivity index is 1.50. The van der Waals surface area contributed by atoms with Crippen LogP contribution in [0.5, 0.6) is 11.5 Å². The Kier molecular flexibility index (Phi) is 5.43. The van der Waals surface area contributed by atoms with Crippen LogP contribution in [0, 0.1) is 5.92 Å². The molecule has 2 heterocycles. The summed E-state index contributed by atoms with van der Waals surface area (Å²) in [6.45, 7) is 0. The number of carbonyl (C=O) groups is 1. The fourth-order valence-electron chi connectivity index (χ4n) is 4.13. The molecule has 0 aliphatic heterocycles. The Morgan fingerprint density at radius 3 is 2.47 bits per heavy atom. The van der Waals surface area contributed by atoms with Gasteiger partial charge in [-0.2, -0.15) is 5.10 Å². The van der Waals surface area contributed by atoms with E-state index in [-0.39, 0.29) is 23.5 Å². The number of amides is 1. The number of carbonyl (C=O) groups excluding carboxylic acids is 1. The first-order valence-electron chi connectivity index (χ1n) is 10.7. The fourth-order valence-corrected chi connectivity index (χ4v) is 4.13. The molecule has 1 fully saturated rings. The number of alkyl halides is 2. The number of aryl methyl sites for hydroxylation is 1. The SMILES string of the molecule is COc1cc(-n2cnc3cc(-c4cnn(C)c4)ccc32)cc(OC)c1C(=O)N[C@@H]1CC1C(F)F. The van der Waals surface area contributed by atoms with E-state index in [1.54, 1.807) is 29.3 Å². The average Bonchev–Trinajstić information content (AvgIpc) is 3.26. The Bertz CT molecular complexity index is 1360. The Labute approximate surface area is 194 Å². The van der Waals surface area contributed by atoms with Gasteiger partial charge in [-0.1, -0.05) is 6.07 Å². The van der Waals surface area contributed by atoms with Gasteiger partial charge < -0.3 is 14.8 Å². The summed E-state index contributed by atoms with van der Waals surface area (Å²) in [6, 6.07) is 8.78. The number of ether oxygens (including phenoxy) is 2. The van der Waals surface area contributed by atoms with Gasteiger partial charge in [0.05, 0.1) is 37.1 Å². The van der Waals surface area contributed by atoms with E-state index in [9.17, 15) is 13.6 Å². The van der Waals surface area contributed by atoms with Gasteiger partial charge in [-0.25, -0.2) is 13.8 Å². The van der Waals surface area contributed by atoms with Crippen LogP contribution in [0.4, 0.5) is 8.78 Å². The number of fused-ring (bicyclic) bond motifs is 1. The van der Waals surface area contributed by atoms with Crippen molar-refractivity contribution in [1.82, 2.24) is 24.6 Å². The minimum absolute atomic E-state index is 0.164. The fraction of sp³-hybridized carbons (Fsp3) is 0.292. The van der Waals surface area contributed by atoms with Gasteiger partial charge in [-0.3, -0.25) is 14.0 Å². The quantitative estimate of drug-likeness (QED) is 0.447. The maximum atomic E-state index is 12.9. The van der Waals surface area contributed by atoms with E-state index in [4.69, 9.17) is 9.47 Å².